The van der Waals surface area contributed by atoms with Gasteiger partial charge in [0.2, 0.25) is 0 Å². The Bertz CT molecular complexity index is 2840. The molecule has 1 aromatic carbocycles. The van der Waals surface area contributed by atoms with Crippen molar-refractivity contribution in [3.63, 3.8) is 0 Å². The van der Waals surface area contributed by atoms with Gasteiger partial charge in [0, 0.05) is 57.0 Å². The highest BCUT2D eigenvalue weighted by Crippen LogP contribution is 2.64. The van der Waals surface area contributed by atoms with Crippen molar-refractivity contribution in [3.8, 4) is 0 Å². The Labute approximate surface area is 436 Å². The molecule has 5 heteroatoms. The largest absolute Gasteiger partial charge is 0.364 e. The molecule has 1 aromatic rings. The van der Waals surface area contributed by atoms with Gasteiger partial charge in [0.05, 0.1) is 0 Å². The van der Waals surface area contributed by atoms with Crippen molar-refractivity contribution in [2.45, 2.75) is 152 Å². The van der Waals surface area contributed by atoms with E-state index in [1.165, 1.54) is 71.3 Å². The molecule has 1 saturated heterocycles. The van der Waals surface area contributed by atoms with Crippen LogP contribution in [0.25, 0.3) is 11.1 Å². The van der Waals surface area contributed by atoms with E-state index in [2.05, 4.69) is 201 Å². The summed E-state index contributed by atoms with van der Waals surface area (Å²) in [5.41, 5.74) is 12.9. The second-order valence-electron chi connectivity index (χ2n) is 24.1. The van der Waals surface area contributed by atoms with Gasteiger partial charge in [-0.3, -0.25) is 5.32 Å². The van der Waals surface area contributed by atoms with Crippen LogP contribution in [0.15, 0.2) is 178 Å². The molecular formula is C67H78N4S. The fourth-order valence-electron chi connectivity index (χ4n) is 15.6. The van der Waals surface area contributed by atoms with E-state index >= 15 is 0 Å². The predicted octanol–water partition coefficient (Wildman–Crippen LogP) is 15.7. The third kappa shape index (κ3) is 8.36. The molecule has 13 rings (SSSR count). The number of aliphatic imine (C=N–C) groups is 1. The fourth-order valence-corrected chi connectivity index (χ4v) is 17.2. The van der Waals surface area contributed by atoms with Crippen LogP contribution in [0.3, 0.4) is 0 Å². The summed E-state index contributed by atoms with van der Waals surface area (Å²) in [6.45, 7) is 9.79. The molecule has 3 aliphatic heterocycles. The molecule has 3 heterocycles. The van der Waals surface area contributed by atoms with E-state index < -0.39 is 5.66 Å². The molecule has 9 aliphatic carbocycles. The van der Waals surface area contributed by atoms with E-state index in [0.29, 0.717) is 59.4 Å². The van der Waals surface area contributed by atoms with Gasteiger partial charge in [-0.15, -0.1) is 11.8 Å². The summed E-state index contributed by atoms with van der Waals surface area (Å²) in [5, 5.41) is 8.36. The molecule has 14 atom stereocenters. The zero-order chi connectivity index (χ0) is 48.6. The molecule has 0 amide bonds. The zero-order valence-corrected chi connectivity index (χ0v) is 44.3. The minimum atomic E-state index is -0.511. The molecule has 0 spiro atoms. The number of hydrogen-bond donors (Lipinski definition) is 2. The van der Waals surface area contributed by atoms with Gasteiger partial charge < -0.3 is 10.2 Å². The van der Waals surface area contributed by atoms with Crippen molar-refractivity contribution >= 4 is 28.7 Å². The van der Waals surface area contributed by atoms with Gasteiger partial charge in [-0.05, 0) is 178 Å². The topological polar surface area (TPSA) is 39.7 Å². The highest BCUT2D eigenvalue weighted by molar-refractivity contribution is 8.05. The Balaban J connectivity index is 0.903. The smallest absolute Gasteiger partial charge is 0.118 e. The van der Waals surface area contributed by atoms with E-state index in [-0.39, 0.29) is 16.8 Å². The molecule has 0 saturated carbocycles. The summed E-state index contributed by atoms with van der Waals surface area (Å²) < 4.78 is 0.0541. The van der Waals surface area contributed by atoms with Crippen molar-refractivity contribution < 1.29 is 0 Å². The number of fused-ring (bicyclic) bond motifs is 6. The first-order valence-electron chi connectivity index (χ1n) is 28.6. The van der Waals surface area contributed by atoms with Gasteiger partial charge >= 0.3 is 0 Å². The lowest BCUT2D eigenvalue weighted by molar-refractivity contribution is 0.124. The van der Waals surface area contributed by atoms with Gasteiger partial charge in [-0.25, -0.2) is 4.99 Å². The first-order valence-corrected chi connectivity index (χ1v) is 29.4. The first kappa shape index (κ1) is 46.9. The number of thioether (sulfide) groups is 1. The molecule has 72 heavy (non-hydrogen) atoms. The van der Waals surface area contributed by atoms with Crippen LogP contribution < -0.4 is 10.6 Å². The zero-order valence-electron chi connectivity index (χ0n) is 43.5. The van der Waals surface area contributed by atoms with Crippen molar-refractivity contribution in [2.24, 2.45) is 52.3 Å². The van der Waals surface area contributed by atoms with Gasteiger partial charge in [0.15, 0.2) is 0 Å². The van der Waals surface area contributed by atoms with Gasteiger partial charge in [-0.1, -0.05) is 154 Å². The van der Waals surface area contributed by atoms with Crippen LogP contribution in [0.4, 0.5) is 0 Å². The predicted molar refractivity (Wildman–Crippen MR) is 305 cm³/mol. The number of nitrogens with one attached hydrogen (secondary N) is 2. The lowest BCUT2D eigenvalue weighted by Crippen LogP contribution is -2.65. The van der Waals surface area contributed by atoms with Crippen LogP contribution in [0.5, 0.6) is 0 Å². The number of rotatable bonds is 8. The summed E-state index contributed by atoms with van der Waals surface area (Å²) >= 11 is 2.18. The molecule has 2 N–H and O–H groups in total. The second kappa shape index (κ2) is 19.1. The summed E-state index contributed by atoms with van der Waals surface area (Å²) in [6.07, 6.45) is 68.2. The summed E-state index contributed by atoms with van der Waals surface area (Å²) in [6, 6.07) is 8.62. The maximum absolute atomic E-state index is 6.01. The van der Waals surface area contributed by atoms with Crippen LogP contribution in [0, 0.1) is 47.3 Å². The Morgan fingerprint density at radius 2 is 1.62 bits per heavy atom. The van der Waals surface area contributed by atoms with Crippen molar-refractivity contribution in [1.29, 1.82) is 0 Å². The highest BCUT2D eigenvalue weighted by atomic mass is 32.2. The van der Waals surface area contributed by atoms with Gasteiger partial charge in [0.1, 0.15) is 17.7 Å². The van der Waals surface area contributed by atoms with Crippen LogP contribution in [0.2, 0.25) is 0 Å². The SMILES string of the molecule is CC1C=CC(c2cc(C3=CC(C4(C)N=C(C5CC=CCC5)NC(C5=CCCC=C5)N4)C(C4C=CC5=C(C4)C4C6C(C=C[C@@]4(C)S5)C4=CCCC=C4N6C4CC=CCC4)CC3)ccc2C2C=CC=CC2C)=CC1. The Morgan fingerprint density at radius 3 is 2.43 bits per heavy atom. The summed E-state index contributed by atoms with van der Waals surface area (Å²) in [4.78, 5) is 10.6. The van der Waals surface area contributed by atoms with Gasteiger partial charge in [0.25, 0.3) is 0 Å². The van der Waals surface area contributed by atoms with E-state index in [1.807, 2.05) is 0 Å². The minimum Gasteiger partial charge on any atom is -0.364 e. The maximum atomic E-state index is 6.01. The third-order valence-electron chi connectivity index (χ3n) is 19.4. The number of amidine groups is 1. The van der Waals surface area contributed by atoms with Gasteiger partial charge in [-0.2, -0.15) is 0 Å². The molecular weight excluding hydrogens is 893 g/mol. The quantitative estimate of drug-likeness (QED) is 0.255. The molecule has 12 aliphatic rings. The minimum absolute atomic E-state index is 0.0199. The van der Waals surface area contributed by atoms with E-state index in [9.17, 15) is 0 Å². The standard InChI is InChI=1S/C67H78N4S/c1-43-28-30-45(31-29-43)57-40-48(33-36-54(57)52-25-15-14-18-44(52)2)49-32-35-53(59(42-49)67(4)69-64(46-19-8-5-9-20-46)68-65(70-67)47-21-10-6-11-22-47)50-34-37-61-58(41-50)62-63-56(38-39-66(62,3)72-61)55-26-16-17-27-60(55)71(63)51-23-12-7-13-24-51/h5,7-8,10,12,14-15,18,21-22,25-28,30-31,33-34,36-40,42-44,46,50-53,56,59,62-63,65,70H,6,9,11,13,16-17,19-20,23-24,29,32,35,41H2,1-4H3,(H,68,69)/t43?,44?,46?,50?,51?,52?,53?,56?,59?,62?,63?,65?,66-,67?/m1/s1. The van der Waals surface area contributed by atoms with Crippen LogP contribution in [-0.2, 0) is 0 Å². The van der Waals surface area contributed by atoms with E-state index in [1.54, 1.807) is 21.7 Å². The van der Waals surface area contributed by atoms with Crippen LogP contribution in [0.1, 0.15) is 140 Å². The lowest BCUT2D eigenvalue weighted by Gasteiger charge is -2.50. The number of nitrogens with zero attached hydrogens (tertiary/aromatic N) is 2. The lowest BCUT2D eigenvalue weighted by atomic mass is 9.63. The van der Waals surface area contributed by atoms with Crippen molar-refractivity contribution in [3.05, 3.63) is 190 Å². The molecule has 372 valence electrons. The number of hydrogen-bond acceptors (Lipinski definition) is 5. The Kier molecular flexibility index (Phi) is 12.5. The average molecular weight is 971 g/mol. The molecule has 4 nitrogen and oxygen atoms in total. The number of allylic oxidation sites excluding steroid dienone is 19. The third-order valence-corrected chi connectivity index (χ3v) is 20.8. The maximum Gasteiger partial charge on any atom is 0.118 e. The van der Waals surface area contributed by atoms with E-state index in [4.69, 9.17) is 4.99 Å². The molecule has 0 bridgehead atoms. The van der Waals surface area contributed by atoms with Crippen LogP contribution >= 0.6 is 11.8 Å². The van der Waals surface area contributed by atoms with Crippen molar-refractivity contribution in [1.82, 2.24) is 15.5 Å². The molecule has 0 radical (unpaired) electrons. The highest BCUT2D eigenvalue weighted by Gasteiger charge is 2.59. The number of benzene rings is 1. The fraction of sp³-hybridized carbons (Fsp3) is 0.478. The summed E-state index contributed by atoms with van der Waals surface area (Å²) in [7, 11) is 0. The first-order chi connectivity index (χ1) is 35.2. The van der Waals surface area contributed by atoms with Crippen molar-refractivity contribution in [2.75, 3.05) is 0 Å². The molecule has 0 aromatic heterocycles. The Morgan fingerprint density at radius 1 is 0.764 bits per heavy atom. The van der Waals surface area contributed by atoms with Crippen LogP contribution in [-0.4, -0.2) is 39.4 Å². The Hall–Kier alpha value is -4.84. The average Bonchev–Trinajstić information content (AvgIpc) is 3.92. The monoisotopic (exact) mass is 971 g/mol. The summed E-state index contributed by atoms with van der Waals surface area (Å²) in [5.74, 6) is 5.00. The number of likely N-dealkylation sites (tertiary alicyclic amines) is 1. The second-order valence-corrected chi connectivity index (χ2v) is 25.6. The normalized spacial score (nSPS) is 39.5. The molecule has 1 fully saturated rings. The van der Waals surface area contributed by atoms with E-state index in [0.717, 1.165) is 57.8 Å². The molecule has 13 unspecified atom stereocenters.